The molecule has 2 N–H and O–H groups in total. The number of amides is 1. The lowest BCUT2D eigenvalue weighted by atomic mass is 9.89. The highest BCUT2D eigenvalue weighted by Crippen LogP contribution is 2.24. The van der Waals surface area contributed by atoms with Crippen LogP contribution in [0.15, 0.2) is 18.2 Å². The number of hydrogen-bond donors (Lipinski definition) is 2. The number of hydrogen-bond acceptors (Lipinski definition) is 2. The van der Waals surface area contributed by atoms with Crippen molar-refractivity contribution in [1.29, 1.82) is 0 Å². The largest absolute Gasteiger partial charge is 0.393 e. The summed E-state index contributed by atoms with van der Waals surface area (Å²) in [5.74, 6) is -0.185. The molecule has 16 heavy (non-hydrogen) atoms. The SMILES string of the molecule is O=C(NC1CC(O)C1)c1ccc(Cl)c(Cl)c1. The number of aliphatic hydroxyl groups excluding tert-OH is 1. The monoisotopic (exact) mass is 259 g/mol. The standard InChI is InChI=1S/C11H11Cl2NO2/c12-9-2-1-6(3-10(9)13)11(16)14-7-4-8(15)5-7/h1-3,7-8,15H,4-5H2,(H,14,16). The van der Waals surface area contributed by atoms with E-state index in [4.69, 9.17) is 28.3 Å². The van der Waals surface area contributed by atoms with Gasteiger partial charge in [0.25, 0.3) is 5.91 Å². The van der Waals surface area contributed by atoms with Gasteiger partial charge in [0.2, 0.25) is 0 Å². The molecule has 3 nitrogen and oxygen atoms in total. The molecule has 1 fully saturated rings. The molecule has 0 radical (unpaired) electrons. The summed E-state index contributed by atoms with van der Waals surface area (Å²) in [4.78, 5) is 11.7. The van der Waals surface area contributed by atoms with Crippen molar-refractivity contribution < 1.29 is 9.90 Å². The summed E-state index contributed by atoms with van der Waals surface area (Å²) in [5.41, 5.74) is 0.482. The Balaban J connectivity index is 2.01. The molecule has 0 aromatic heterocycles. The quantitative estimate of drug-likeness (QED) is 0.856. The van der Waals surface area contributed by atoms with Gasteiger partial charge in [-0.25, -0.2) is 0 Å². The smallest absolute Gasteiger partial charge is 0.251 e. The second-order valence-corrected chi connectivity index (χ2v) is 4.74. The van der Waals surface area contributed by atoms with Crippen molar-refractivity contribution in [2.24, 2.45) is 0 Å². The number of nitrogens with one attached hydrogen (secondary N) is 1. The van der Waals surface area contributed by atoms with Gasteiger partial charge in [0, 0.05) is 11.6 Å². The van der Waals surface area contributed by atoms with Gasteiger partial charge >= 0.3 is 0 Å². The Morgan fingerprint density at radius 3 is 2.56 bits per heavy atom. The van der Waals surface area contributed by atoms with E-state index in [0.717, 1.165) is 0 Å². The van der Waals surface area contributed by atoms with Crippen molar-refractivity contribution in [2.75, 3.05) is 0 Å². The van der Waals surface area contributed by atoms with Crippen LogP contribution in [0.4, 0.5) is 0 Å². The molecule has 0 heterocycles. The maximum Gasteiger partial charge on any atom is 0.251 e. The van der Waals surface area contributed by atoms with Gasteiger partial charge in [0.1, 0.15) is 0 Å². The van der Waals surface area contributed by atoms with E-state index in [1.54, 1.807) is 12.1 Å². The van der Waals surface area contributed by atoms with E-state index < -0.39 is 0 Å². The minimum Gasteiger partial charge on any atom is -0.393 e. The summed E-state index contributed by atoms with van der Waals surface area (Å²) in [5, 5.41) is 12.7. The molecule has 86 valence electrons. The molecule has 0 bridgehead atoms. The second-order valence-electron chi connectivity index (χ2n) is 3.92. The van der Waals surface area contributed by atoms with Crippen molar-refractivity contribution in [3.05, 3.63) is 33.8 Å². The molecular weight excluding hydrogens is 249 g/mol. The lowest BCUT2D eigenvalue weighted by Crippen LogP contribution is -2.46. The third-order valence-corrected chi connectivity index (χ3v) is 3.37. The van der Waals surface area contributed by atoms with Crippen LogP contribution >= 0.6 is 23.2 Å². The summed E-state index contributed by atoms with van der Waals surface area (Å²) >= 11 is 11.6. The van der Waals surface area contributed by atoms with Crippen LogP contribution < -0.4 is 5.32 Å². The first-order valence-electron chi connectivity index (χ1n) is 5.00. The lowest BCUT2D eigenvalue weighted by Gasteiger charge is -2.31. The predicted octanol–water partition coefficient (Wildman–Crippen LogP) is 2.25. The fraction of sp³-hybridized carbons (Fsp3) is 0.364. The number of carbonyl (C=O) groups is 1. The summed E-state index contributed by atoms with van der Waals surface area (Å²) < 4.78 is 0. The fourth-order valence-corrected chi connectivity index (χ4v) is 1.91. The van der Waals surface area contributed by atoms with Gasteiger partial charge < -0.3 is 10.4 Å². The molecule has 1 saturated carbocycles. The molecule has 1 aromatic rings. The number of halogens is 2. The molecule has 1 aliphatic rings. The van der Waals surface area contributed by atoms with E-state index in [1.165, 1.54) is 6.07 Å². The Morgan fingerprint density at radius 1 is 1.31 bits per heavy atom. The minimum absolute atomic E-state index is 0.0666. The highest BCUT2D eigenvalue weighted by Gasteiger charge is 2.28. The number of aliphatic hydroxyl groups is 1. The first kappa shape index (κ1) is 11.7. The molecule has 0 saturated heterocycles. The van der Waals surface area contributed by atoms with E-state index in [2.05, 4.69) is 5.32 Å². The third kappa shape index (κ3) is 2.48. The molecule has 1 aromatic carbocycles. The molecule has 0 spiro atoms. The van der Waals surface area contributed by atoms with Crippen molar-refractivity contribution >= 4 is 29.1 Å². The first-order chi connectivity index (χ1) is 7.56. The average molecular weight is 260 g/mol. The highest BCUT2D eigenvalue weighted by atomic mass is 35.5. The van der Waals surface area contributed by atoms with Crippen LogP contribution in [-0.4, -0.2) is 23.2 Å². The van der Waals surface area contributed by atoms with Crippen molar-refractivity contribution in [2.45, 2.75) is 25.0 Å². The number of benzene rings is 1. The predicted molar refractivity (Wildman–Crippen MR) is 63.0 cm³/mol. The zero-order chi connectivity index (χ0) is 11.7. The summed E-state index contributed by atoms with van der Waals surface area (Å²) in [6, 6.07) is 4.82. The summed E-state index contributed by atoms with van der Waals surface area (Å²) in [6.45, 7) is 0. The zero-order valence-corrected chi connectivity index (χ0v) is 9.92. The van der Waals surface area contributed by atoms with Crippen LogP contribution in [0.1, 0.15) is 23.2 Å². The topological polar surface area (TPSA) is 49.3 Å². The van der Waals surface area contributed by atoms with E-state index >= 15 is 0 Å². The lowest BCUT2D eigenvalue weighted by molar-refractivity contribution is 0.0562. The van der Waals surface area contributed by atoms with Crippen LogP contribution in [0.3, 0.4) is 0 Å². The highest BCUT2D eigenvalue weighted by molar-refractivity contribution is 6.42. The number of rotatable bonds is 2. The maximum atomic E-state index is 11.7. The molecule has 1 amide bonds. The Kier molecular flexibility index (Phi) is 3.38. The Hall–Kier alpha value is -0.770. The fourth-order valence-electron chi connectivity index (χ4n) is 1.61. The van der Waals surface area contributed by atoms with E-state index in [9.17, 15) is 4.79 Å². The van der Waals surface area contributed by atoms with E-state index in [0.29, 0.717) is 28.5 Å². The second kappa shape index (κ2) is 4.62. The molecule has 2 rings (SSSR count). The summed E-state index contributed by atoms with van der Waals surface area (Å²) in [6.07, 6.45) is 0.958. The van der Waals surface area contributed by atoms with Crippen molar-refractivity contribution in [1.82, 2.24) is 5.32 Å². The van der Waals surface area contributed by atoms with Crippen LogP contribution in [0.5, 0.6) is 0 Å². The average Bonchev–Trinajstić information content (AvgIpc) is 2.19. The summed E-state index contributed by atoms with van der Waals surface area (Å²) in [7, 11) is 0. The van der Waals surface area contributed by atoms with Crippen LogP contribution in [0.2, 0.25) is 10.0 Å². The van der Waals surface area contributed by atoms with Gasteiger partial charge in [-0.05, 0) is 31.0 Å². The molecule has 0 atom stereocenters. The maximum absolute atomic E-state index is 11.7. The minimum atomic E-state index is -0.279. The van der Waals surface area contributed by atoms with E-state index in [-0.39, 0.29) is 18.1 Å². The first-order valence-corrected chi connectivity index (χ1v) is 5.76. The number of carbonyl (C=O) groups excluding carboxylic acids is 1. The van der Waals surface area contributed by atoms with Crippen LogP contribution in [0.25, 0.3) is 0 Å². The zero-order valence-electron chi connectivity index (χ0n) is 8.41. The molecule has 1 aliphatic carbocycles. The van der Waals surface area contributed by atoms with Gasteiger partial charge in [-0.3, -0.25) is 4.79 Å². The Morgan fingerprint density at radius 2 is 2.00 bits per heavy atom. The third-order valence-electron chi connectivity index (χ3n) is 2.63. The Labute approximate surface area is 103 Å². The van der Waals surface area contributed by atoms with Crippen LogP contribution in [-0.2, 0) is 0 Å². The van der Waals surface area contributed by atoms with Gasteiger partial charge in [-0.2, -0.15) is 0 Å². The van der Waals surface area contributed by atoms with Gasteiger partial charge in [-0.1, -0.05) is 23.2 Å². The van der Waals surface area contributed by atoms with E-state index in [1.807, 2.05) is 0 Å². The molecular formula is C11H11Cl2NO2. The van der Waals surface area contributed by atoms with Gasteiger partial charge in [0.15, 0.2) is 0 Å². The van der Waals surface area contributed by atoms with Crippen molar-refractivity contribution in [3.63, 3.8) is 0 Å². The van der Waals surface area contributed by atoms with Gasteiger partial charge in [-0.15, -0.1) is 0 Å². The molecule has 0 unspecified atom stereocenters. The molecule has 5 heteroatoms. The molecule has 0 aliphatic heterocycles. The van der Waals surface area contributed by atoms with Crippen molar-refractivity contribution in [3.8, 4) is 0 Å². The van der Waals surface area contributed by atoms with Gasteiger partial charge in [0.05, 0.1) is 16.1 Å². The normalized spacial score (nSPS) is 23.7. The van der Waals surface area contributed by atoms with Crippen LogP contribution in [0, 0.1) is 0 Å². The Bertz CT molecular complexity index is 416.